The van der Waals surface area contributed by atoms with Crippen molar-refractivity contribution in [3.05, 3.63) is 96.1 Å². The van der Waals surface area contributed by atoms with Crippen LogP contribution < -0.4 is 0 Å². The standard InChI is InChI=1S/C25H26O5/c1-3-9-19(10-4-1)17-27-23-22-21(13-7-15-26-22)30-25(14-8-16-29-25)24(23)28-18-20-11-5-2-6-12-20/h1-14,21-24H,15-18H2/t21-,22-,23+,24-,25+/m1/s1. The summed E-state index contributed by atoms with van der Waals surface area (Å²) in [7, 11) is 0. The molecular weight excluding hydrogens is 380 g/mol. The Bertz CT molecular complexity index is 881. The zero-order valence-electron chi connectivity index (χ0n) is 16.8. The Hall–Kier alpha value is -2.28. The maximum absolute atomic E-state index is 6.45. The Kier molecular flexibility index (Phi) is 5.79. The molecule has 5 nitrogen and oxygen atoms in total. The lowest BCUT2D eigenvalue weighted by molar-refractivity contribution is -0.345. The molecule has 0 aromatic heterocycles. The van der Waals surface area contributed by atoms with Gasteiger partial charge in [-0.15, -0.1) is 0 Å². The zero-order valence-corrected chi connectivity index (χ0v) is 16.8. The van der Waals surface area contributed by atoms with Crippen LogP contribution in [0.4, 0.5) is 0 Å². The van der Waals surface area contributed by atoms with Crippen LogP contribution in [0.5, 0.6) is 0 Å². The quantitative estimate of drug-likeness (QED) is 0.683. The van der Waals surface area contributed by atoms with Crippen LogP contribution in [0.2, 0.25) is 0 Å². The first-order valence-corrected chi connectivity index (χ1v) is 10.4. The topological polar surface area (TPSA) is 46.2 Å². The molecule has 2 aromatic rings. The number of hydrogen-bond acceptors (Lipinski definition) is 5. The van der Waals surface area contributed by atoms with E-state index in [0.717, 1.165) is 11.1 Å². The van der Waals surface area contributed by atoms with Gasteiger partial charge in [0.15, 0.2) is 0 Å². The number of rotatable bonds is 6. The van der Waals surface area contributed by atoms with Gasteiger partial charge < -0.3 is 23.7 Å². The predicted molar refractivity (Wildman–Crippen MR) is 112 cm³/mol. The molecule has 0 aliphatic carbocycles. The van der Waals surface area contributed by atoms with E-state index < -0.39 is 11.9 Å². The highest BCUT2D eigenvalue weighted by Crippen LogP contribution is 2.41. The van der Waals surface area contributed by atoms with Crippen LogP contribution in [0.1, 0.15) is 11.1 Å². The molecule has 3 heterocycles. The average Bonchev–Trinajstić information content (AvgIpc) is 3.26. The smallest absolute Gasteiger partial charge is 0.218 e. The summed E-state index contributed by atoms with van der Waals surface area (Å²) < 4.78 is 31.4. The fourth-order valence-corrected chi connectivity index (χ4v) is 4.24. The minimum atomic E-state index is -0.984. The van der Waals surface area contributed by atoms with Crippen LogP contribution in [-0.4, -0.2) is 43.4 Å². The van der Waals surface area contributed by atoms with Gasteiger partial charge in [-0.2, -0.15) is 0 Å². The van der Waals surface area contributed by atoms with Gasteiger partial charge in [-0.1, -0.05) is 78.9 Å². The summed E-state index contributed by atoms with van der Waals surface area (Å²) in [5, 5.41) is 0. The lowest BCUT2D eigenvalue weighted by Gasteiger charge is -2.50. The second-order valence-corrected chi connectivity index (χ2v) is 7.72. The van der Waals surface area contributed by atoms with E-state index in [2.05, 4.69) is 12.1 Å². The molecule has 5 heteroatoms. The summed E-state index contributed by atoms with van der Waals surface area (Å²) >= 11 is 0. The van der Waals surface area contributed by atoms with Gasteiger partial charge >= 0.3 is 0 Å². The summed E-state index contributed by atoms with van der Waals surface area (Å²) in [6.07, 6.45) is 6.63. The average molecular weight is 406 g/mol. The highest BCUT2D eigenvalue weighted by molar-refractivity contribution is 5.19. The number of fused-ring (bicyclic) bond motifs is 1. The molecule has 0 radical (unpaired) electrons. The van der Waals surface area contributed by atoms with Crippen molar-refractivity contribution in [3.63, 3.8) is 0 Å². The second-order valence-electron chi connectivity index (χ2n) is 7.72. The van der Waals surface area contributed by atoms with Crippen LogP contribution in [0, 0.1) is 0 Å². The van der Waals surface area contributed by atoms with Crippen molar-refractivity contribution in [2.45, 2.75) is 43.4 Å². The Morgan fingerprint density at radius 2 is 1.53 bits per heavy atom. The van der Waals surface area contributed by atoms with E-state index >= 15 is 0 Å². The van der Waals surface area contributed by atoms with Crippen LogP contribution in [0.15, 0.2) is 85.0 Å². The first kappa shape index (κ1) is 19.7. The normalized spacial score (nSPS) is 32.4. The van der Waals surface area contributed by atoms with E-state index in [-0.39, 0.29) is 18.3 Å². The minimum Gasteiger partial charge on any atom is -0.368 e. The van der Waals surface area contributed by atoms with Crippen molar-refractivity contribution < 1.29 is 23.7 Å². The van der Waals surface area contributed by atoms with E-state index in [1.165, 1.54) is 0 Å². The molecule has 156 valence electrons. The first-order chi connectivity index (χ1) is 14.8. The molecule has 0 bridgehead atoms. The van der Waals surface area contributed by atoms with Crippen molar-refractivity contribution >= 4 is 0 Å². The van der Waals surface area contributed by atoms with Crippen molar-refractivity contribution in [2.24, 2.45) is 0 Å². The highest BCUT2D eigenvalue weighted by atomic mass is 16.7. The third-order valence-corrected chi connectivity index (χ3v) is 5.69. The van der Waals surface area contributed by atoms with E-state index in [9.17, 15) is 0 Å². The summed E-state index contributed by atoms with van der Waals surface area (Å²) in [5.74, 6) is -0.984. The van der Waals surface area contributed by atoms with E-state index in [1.54, 1.807) is 0 Å². The Morgan fingerprint density at radius 3 is 2.20 bits per heavy atom. The van der Waals surface area contributed by atoms with Crippen LogP contribution in [0.25, 0.3) is 0 Å². The van der Waals surface area contributed by atoms with Gasteiger partial charge in [0, 0.05) is 0 Å². The summed E-state index contributed by atoms with van der Waals surface area (Å²) in [5.41, 5.74) is 2.19. The Morgan fingerprint density at radius 1 is 0.833 bits per heavy atom. The molecular formula is C25H26O5. The Labute approximate surface area is 176 Å². The van der Waals surface area contributed by atoms with E-state index in [1.807, 2.05) is 72.8 Å². The van der Waals surface area contributed by atoms with Gasteiger partial charge in [0.1, 0.15) is 24.4 Å². The number of hydrogen-bond donors (Lipinski definition) is 0. The van der Waals surface area contributed by atoms with Gasteiger partial charge in [-0.25, -0.2) is 0 Å². The SMILES string of the molecule is C1=C[C@H]2O[C@@]3(C=CCO3)[C@H](OCc3ccccc3)[C@@H](OCc3ccccc3)[C@@H]2OC1. The molecule has 3 aliphatic heterocycles. The molecule has 2 aromatic carbocycles. The molecule has 30 heavy (non-hydrogen) atoms. The van der Waals surface area contributed by atoms with Gasteiger partial charge in [-0.3, -0.25) is 0 Å². The van der Waals surface area contributed by atoms with E-state index in [4.69, 9.17) is 23.7 Å². The maximum Gasteiger partial charge on any atom is 0.218 e. The van der Waals surface area contributed by atoms with E-state index in [0.29, 0.717) is 26.4 Å². The zero-order chi connectivity index (χ0) is 20.2. The molecule has 0 N–H and O–H groups in total. The van der Waals surface area contributed by atoms with Gasteiger partial charge in [0.05, 0.1) is 26.4 Å². The van der Waals surface area contributed by atoms with Gasteiger partial charge in [0.2, 0.25) is 5.79 Å². The van der Waals surface area contributed by atoms with Crippen molar-refractivity contribution in [2.75, 3.05) is 13.2 Å². The lowest BCUT2D eigenvalue weighted by Crippen LogP contribution is -2.66. The third kappa shape index (κ3) is 4.00. The summed E-state index contributed by atoms with van der Waals surface area (Å²) in [6, 6.07) is 20.2. The molecule has 1 spiro atoms. The second kappa shape index (κ2) is 8.84. The summed E-state index contributed by atoms with van der Waals surface area (Å²) in [6.45, 7) is 1.92. The van der Waals surface area contributed by atoms with Crippen LogP contribution in [0.3, 0.4) is 0 Å². The molecule has 1 fully saturated rings. The van der Waals surface area contributed by atoms with Crippen molar-refractivity contribution in [1.29, 1.82) is 0 Å². The highest BCUT2D eigenvalue weighted by Gasteiger charge is 2.57. The fraction of sp³-hybridized carbons (Fsp3) is 0.360. The third-order valence-electron chi connectivity index (χ3n) is 5.69. The monoisotopic (exact) mass is 406 g/mol. The van der Waals surface area contributed by atoms with Crippen LogP contribution >= 0.6 is 0 Å². The molecule has 5 rings (SSSR count). The number of benzene rings is 2. The molecule has 0 amide bonds. The minimum absolute atomic E-state index is 0.251. The summed E-state index contributed by atoms with van der Waals surface area (Å²) in [4.78, 5) is 0. The Balaban J connectivity index is 1.42. The predicted octanol–water partition coefficient (Wildman–Crippen LogP) is 3.79. The molecule has 0 unspecified atom stereocenters. The van der Waals surface area contributed by atoms with Gasteiger partial charge in [-0.05, 0) is 17.2 Å². The molecule has 5 atom stereocenters. The fourth-order valence-electron chi connectivity index (χ4n) is 4.24. The molecule has 1 saturated heterocycles. The first-order valence-electron chi connectivity index (χ1n) is 10.4. The lowest BCUT2D eigenvalue weighted by atomic mass is 9.90. The maximum atomic E-state index is 6.45. The largest absolute Gasteiger partial charge is 0.368 e. The number of ether oxygens (including phenoxy) is 5. The molecule has 3 aliphatic rings. The molecule has 0 saturated carbocycles. The van der Waals surface area contributed by atoms with Crippen molar-refractivity contribution in [1.82, 2.24) is 0 Å². The van der Waals surface area contributed by atoms with Gasteiger partial charge in [0.25, 0.3) is 0 Å². The van der Waals surface area contributed by atoms with Crippen LogP contribution in [-0.2, 0) is 36.9 Å². The van der Waals surface area contributed by atoms with Crippen molar-refractivity contribution in [3.8, 4) is 0 Å².